The number of fused-ring (bicyclic) bond motifs is 1. The van der Waals surface area contributed by atoms with E-state index in [2.05, 4.69) is 6.07 Å². The standard InChI is InChI=1S/C25H29N3O3S2/c1-18-12-13-19(33(30,31)27-14-6-2-7-15-27)17-20(18)25(29)28-16-8-5-10-22(28)24-26-21-9-3-4-11-23(21)32-24/h3-4,9,11-13,17,22H,2,5-8,10,14-16H2,1H3. The lowest BCUT2D eigenvalue weighted by Crippen LogP contribution is -2.39. The Morgan fingerprint density at radius 3 is 2.55 bits per heavy atom. The SMILES string of the molecule is Cc1ccc(S(=O)(=O)N2CCCCC2)cc1C(=O)N1CCCCC1c1nc2ccccc2s1. The lowest BCUT2D eigenvalue weighted by molar-refractivity contribution is 0.0610. The Hall–Kier alpha value is -2.29. The Bertz CT molecular complexity index is 1250. The Balaban J connectivity index is 1.47. The van der Waals surface area contributed by atoms with Crippen molar-refractivity contribution in [2.45, 2.75) is 56.4 Å². The minimum Gasteiger partial charge on any atom is -0.329 e. The van der Waals surface area contributed by atoms with E-state index in [0.29, 0.717) is 25.2 Å². The number of piperidine rings is 2. The molecule has 2 saturated heterocycles. The summed E-state index contributed by atoms with van der Waals surface area (Å²) in [4.78, 5) is 20.7. The molecule has 2 aliphatic heterocycles. The topological polar surface area (TPSA) is 70.6 Å². The van der Waals surface area contributed by atoms with Crippen LogP contribution in [0.3, 0.4) is 0 Å². The Morgan fingerprint density at radius 1 is 1.00 bits per heavy atom. The van der Waals surface area contributed by atoms with Gasteiger partial charge in [-0.25, -0.2) is 13.4 Å². The molecule has 0 bridgehead atoms. The molecule has 0 aliphatic carbocycles. The second-order valence-electron chi connectivity index (χ2n) is 8.97. The van der Waals surface area contributed by atoms with Gasteiger partial charge in [-0.15, -0.1) is 11.3 Å². The van der Waals surface area contributed by atoms with Gasteiger partial charge in [0.05, 0.1) is 21.2 Å². The molecule has 0 N–H and O–H groups in total. The molecule has 1 amide bonds. The Morgan fingerprint density at radius 2 is 1.76 bits per heavy atom. The van der Waals surface area contributed by atoms with Crippen molar-refractivity contribution in [3.8, 4) is 0 Å². The molecular weight excluding hydrogens is 454 g/mol. The quantitative estimate of drug-likeness (QED) is 0.515. The van der Waals surface area contributed by atoms with Gasteiger partial charge in [-0.05, 0) is 68.9 Å². The van der Waals surface area contributed by atoms with Crippen LogP contribution in [0.1, 0.15) is 65.5 Å². The zero-order valence-electron chi connectivity index (χ0n) is 18.9. The van der Waals surface area contributed by atoms with E-state index in [4.69, 9.17) is 4.98 Å². The summed E-state index contributed by atoms with van der Waals surface area (Å²) in [6.45, 7) is 3.62. The number of likely N-dealkylation sites (tertiary alicyclic amines) is 1. The number of sulfonamides is 1. The van der Waals surface area contributed by atoms with Gasteiger partial charge in [0, 0.05) is 25.2 Å². The lowest BCUT2D eigenvalue weighted by Gasteiger charge is -2.35. The van der Waals surface area contributed by atoms with Crippen LogP contribution in [0, 0.1) is 6.92 Å². The van der Waals surface area contributed by atoms with Crippen molar-refractivity contribution in [3.63, 3.8) is 0 Å². The molecular formula is C25H29N3O3S2. The third-order valence-corrected chi connectivity index (χ3v) is 9.78. The van der Waals surface area contributed by atoms with Gasteiger partial charge < -0.3 is 4.90 Å². The number of rotatable bonds is 4. The molecule has 33 heavy (non-hydrogen) atoms. The maximum Gasteiger partial charge on any atom is 0.254 e. The molecule has 8 heteroatoms. The van der Waals surface area contributed by atoms with Crippen molar-refractivity contribution in [1.82, 2.24) is 14.2 Å². The predicted molar refractivity (Wildman–Crippen MR) is 131 cm³/mol. The zero-order valence-corrected chi connectivity index (χ0v) is 20.5. The first-order valence-corrected chi connectivity index (χ1v) is 14.0. The normalized spacial score (nSPS) is 20.3. The summed E-state index contributed by atoms with van der Waals surface area (Å²) in [6.07, 6.45) is 5.69. The van der Waals surface area contributed by atoms with Crippen molar-refractivity contribution in [3.05, 3.63) is 58.6 Å². The molecule has 1 atom stereocenters. The van der Waals surface area contributed by atoms with Gasteiger partial charge in [0.15, 0.2) is 0 Å². The third kappa shape index (κ3) is 4.32. The molecule has 1 aromatic heterocycles. The van der Waals surface area contributed by atoms with Crippen LogP contribution in [0.25, 0.3) is 10.2 Å². The van der Waals surface area contributed by atoms with Gasteiger partial charge in [0.1, 0.15) is 5.01 Å². The first-order valence-electron chi connectivity index (χ1n) is 11.7. The summed E-state index contributed by atoms with van der Waals surface area (Å²) in [5.74, 6) is -0.104. The first-order chi connectivity index (χ1) is 15.9. The number of amides is 1. The van der Waals surface area contributed by atoms with Crippen LogP contribution in [0.5, 0.6) is 0 Å². The maximum absolute atomic E-state index is 13.8. The maximum atomic E-state index is 13.8. The highest BCUT2D eigenvalue weighted by Crippen LogP contribution is 2.37. The van der Waals surface area contributed by atoms with E-state index in [9.17, 15) is 13.2 Å². The highest BCUT2D eigenvalue weighted by atomic mass is 32.2. The van der Waals surface area contributed by atoms with Crippen molar-refractivity contribution in [2.75, 3.05) is 19.6 Å². The molecule has 174 valence electrons. The zero-order chi connectivity index (χ0) is 23.0. The number of aromatic nitrogens is 1. The number of carbonyl (C=O) groups excluding carboxylic acids is 1. The number of nitrogens with zero attached hydrogens (tertiary/aromatic N) is 3. The molecule has 0 radical (unpaired) electrons. The average Bonchev–Trinajstić information content (AvgIpc) is 3.28. The first kappa shape index (κ1) is 22.5. The van der Waals surface area contributed by atoms with E-state index in [1.54, 1.807) is 33.8 Å². The van der Waals surface area contributed by atoms with Crippen LogP contribution < -0.4 is 0 Å². The van der Waals surface area contributed by atoms with E-state index in [1.807, 2.05) is 30.0 Å². The van der Waals surface area contributed by atoms with Crippen molar-refractivity contribution < 1.29 is 13.2 Å². The number of carbonyl (C=O) groups is 1. The van der Waals surface area contributed by atoms with Gasteiger partial charge in [0.2, 0.25) is 10.0 Å². The summed E-state index contributed by atoms with van der Waals surface area (Å²) in [5, 5.41) is 0.957. The highest BCUT2D eigenvalue weighted by molar-refractivity contribution is 7.89. The Kier molecular flexibility index (Phi) is 6.24. The van der Waals surface area contributed by atoms with Crippen LogP contribution in [0.2, 0.25) is 0 Å². The molecule has 2 fully saturated rings. The molecule has 0 saturated carbocycles. The molecule has 1 unspecified atom stereocenters. The fourth-order valence-corrected chi connectivity index (χ4v) is 7.52. The predicted octanol–water partition coefficient (Wildman–Crippen LogP) is 5.15. The second-order valence-corrected chi connectivity index (χ2v) is 12.0. The summed E-state index contributed by atoms with van der Waals surface area (Å²) in [7, 11) is -3.60. The van der Waals surface area contributed by atoms with Gasteiger partial charge in [0.25, 0.3) is 5.91 Å². The van der Waals surface area contributed by atoms with E-state index < -0.39 is 10.0 Å². The molecule has 5 rings (SSSR count). The van der Waals surface area contributed by atoms with Crippen molar-refractivity contribution in [1.29, 1.82) is 0 Å². The molecule has 0 spiro atoms. The molecule has 6 nitrogen and oxygen atoms in total. The minimum atomic E-state index is -3.60. The summed E-state index contributed by atoms with van der Waals surface area (Å²) in [5.41, 5.74) is 2.23. The smallest absolute Gasteiger partial charge is 0.254 e. The lowest BCUT2D eigenvalue weighted by atomic mass is 10.00. The van der Waals surface area contributed by atoms with Crippen LogP contribution >= 0.6 is 11.3 Å². The van der Waals surface area contributed by atoms with Gasteiger partial charge in [-0.1, -0.05) is 24.6 Å². The monoisotopic (exact) mass is 483 g/mol. The highest BCUT2D eigenvalue weighted by Gasteiger charge is 2.33. The third-order valence-electron chi connectivity index (χ3n) is 6.75. The molecule has 3 aromatic rings. The Labute approximate surface area is 199 Å². The molecule has 2 aromatic carbocycles. The second kappa shape index (κ2) is 9.16. The van der Waals surface area contributed by atoms with Gasteiger partial charge >= 0.3 is 0 Å². The van der Waals surface area contributed by atoms with Gasteiger partial charge in [-0.3, -0.25) is 4.79 Å². The van der Waals surface area contributed by atoms with Crippen LogP contribution in [-0.4, -0.2) is 48.1 Å². The molecule has 3 heterocycles. The van der Waals surface area contributed by atoms with E-state index in [1.165, 1.54) is 0 Å². The van der Waals surface area contributed by atoms with E-state index in [0.717, 1.165) is 59.3 Å². The molecule has 2 aliphatic rings. The summed E-state index contributed by atoms with van der Waals surface area (Å²) in [6, 6.07) is 13.0. The average molecular weight is 484 g/mol. The summed E-state index contributed by atoms with van der Waals surface area (Å²) < 4.78 is 29.1. The van der Waals surface area contributed by atoms with E-state index >= 15 is 0 Å². The van der Waals surface area contributed by atoms with Crippen molar-refractivity contribution in [2.24, 2.45) is 0 Å². The number of aryl methyl sites for hydroxylation is 1. The van der Waals surface area contributed by atoms with Crippen LogP contribution in [0.4, 0.5) is 0 Å². The minimum absolute atomic E-state index is 0.0783. The van der Waals surface area contributed by atoms with Crippen LogP contribution in [-0.2, 0) is 10.0 Å². The largest absolute Gasteiger partial charge is 0.329 e. The number of benzene rings is 2. The van der Waals surface area contributed by atoms with Gasteiger partial charge in [-0.2, -0.15) is 4.31 Å². The van der Waals surface area contributed by atoms with E-state index in [-0.39, 0.29) is 16.8 Å². The fraction of sp³-hybridized carbons (Fsp3) is 0.440. The fourth-order valence-electron chi connectivity index (χ4n) is 4.86. The summed E-state index contributed by atoms with van der Waals surface area (Å²) >= 11 is 1.64. The van der Waals surface area contributed by atoms with Crippen molar-refractivity contribution >= 4 is 37.5 Å². The number of hydrogen-bond acceptors (Lipinski definition) is 5. The number of hydrogen-bond donors (Lipinski definition) is 0. The van der Waals surface area contributed by atoms with Crippen LogP contribution in [0.15, 0.2) is 47.4 Å². The number of thiazole rings is 1. The number of para-hydroxylation sites is 1.